The van der Waals surface area contributed by atoms with Crippen LogP contribution < -0.4 is 4.90 Å². The van der Waals surface area contributed by atoms with Crippen LogP contribution in [0.25, 0.3) is 0 Å². The monoisotopic (exact) mass is 362 g/mol. The van der Waals surface area contributed by atoms with Gasteiger partial charge in [0.1, 0.15) is 0 Å². The second kappa shape index (κ2) is 5.80. The van der Waals surface area contributed by atoms with Gasteiger partial charge in [-0.2, -0.15) is 13.2 Å². The third-order valence-electron chi connectivity index (χ3n) is 4.45. The van der Waals surface area contributed by atoms with Gasteiger partial charge in [0.2, 0.25) is 0 Å². The van der Waals surface area contributed by atoms with Crippen molar-refractivity contribution in [2.45, 2.75) is 30.4 Å². The van der Waals surface area contributed by atoms with Crippen LogP contribution in [0.2, 0.25) is 0 Å². The molecule has 0 amide bonds. The van der Waals surface area contributed by atoms with Gasteiger partial charge in [0.25, 0.3) is 0 Å². The van der Waals surface area contributed by atoms with Crippen LogP contribution in [0.4, 0.5) is 18.9 Å². The summed E-state index contributed by atoms with van der Waals surface area (Å²) >= 11 is 3.23. The van der Waals surface area contributed by atoms with Crippen LogP contribution in [0.5, 0.6) is 0 Å². The molecule has 2 nitrogen and oxygen atoms in total. The summed E-state index contributed by atoms with van der Waals surface area (Å²) in [6.07, 6.45) is -2.05. The molecule has 1 aromatic rings. The average molecular weight is 363 g/mol. The Kier molecular flexibility index (Phi) is 4.19. The molecule has 1 aromatic carbocycles. The predicted molar refractivity (Wildman–Crippen MR) is 80.9 cm³/mol. The molecule has 1 atom stereocenters. The third kappa shape index (κ3) is 3.06. The zero-order chi connectivity index (χ0) is 15.0. The van der Waals surface area contributed by atoms with E-state index in [2.05, 4.69) is 20.8 Å². The first kappa shape index (κ1) is 15.2. The van der Waals surface area contributed by atoms with E-state index in [1.807, 2.05) is 4.90 Å². The number of benzene rings is 1. The molecule has 2 fully saturated rings. The van der Waals surface area contributed by atoms with E-state index in [4.69, 9.17) is 0 Å². The van der Waals surface area contributed by atoms with Gasteiger partial charge in [0.05, 0.1) is 5.56 Å². The highest BCUT2D eigenvalue weighted by Crippen LogP contribution is 2.38. The van der Waals surface area contributed by atoms with Crippen LogP contribution in [-0.4, -0.2) is 37.1 Å². The van der Waals surface area contributed by atoms with Crippen molar-refractivity contribution in [3.63, 3.8) is 0 Å². The summed E-state index contributed by atoms with van der Waals surface area (Å²) in [5.74, 6) is 0. The number of rotatable bonds is 2. The molecule has 0 spiro atoms. The van der Waals surface area contributed by atoms with Crippen LogP contribution in [0, 0.1) is 0 Å². The molecule has 21 heavy (non-hydrogen) atoms. The Morgan fingerprint density at radius 2 is 2.00 bits per heavy atom. The van der Waals surface area contributed by atoms with Crippen molar-refractivity contribution in [3.05, 3.63) is 29.3 Å². The predicted octanol–water partition coefficient (Wildman–Crippen LogP) is 3.88. The van der Waals surface area contributed by atoms with Crippen molar-refractivity contribution in [1.82, 2.24) is 4.90 Å². The molecule has 0 aliphatic carbocycles. The molecule has 3 rings (SSSR count). The molecule has 0 radical (unpaired) electrons. The summed E-state index contributed by atoms with van der Waals surface area (Å²) in [5, 5.41) is 0.437. The number of anilines is 1. The van der Waals surface area contributed by atoms with E-state index in [-0.39, 0.29) is 0 Å². The van der Waals surface area contributed by atoms with Crippen molar-refractivity contribution in [2.24, 2.45) is 0 Å². The Hall–Kier alpha value is -0.750. The summed E-state index contributed by atoms with van der Waals surface area (Å²) in [6, 6.07) is 5.09. The van der Waals surface area contributed by atoms with E-state index in [0.29, 0.717) is 35.7 Å². The quantitative estimate of drug-likeness (QED) is 0.736. The van der Waals surface area contributed by atoms with Gasteiger partial charge in [-0.1, -0.05) is 22.0 Å². The van der Waals surface area contributed by atoms with E-state index in [1.54, 1.807) is 12.1 Å². The van der Waals surface area contributed by atoms with Gasteiger partial charge in [-0.15, -0.1) is 0 Å². The summed E-state index contributed by atoms with van der Waals surface area (Å²) in [6.45, 7) is 3.33. The normalized spacial score (nSPS) is 23.4. The largest absolute Gasteiger partial charge is 0.418 e. The lowest BCUT2D eigenvalue weighted by Crippen LogP contribution is -2.50. The fraction of sp³-hybridized carbons (Fsp3) is 0.600. The number of hydrogen-bond donors (Lipinski definition) is 0. The van der Waals surface area contributed by atoms with Gasteiger partial charge in [-0.05, 0) is 37.1 Å². The van der Waals surface area contributed by atoms with Gasteiger partial charge < -0.3 is 4.90 Å². The zero-order valence-electron chi connectivity index (χ0n) is 11.7. The Balaban J connectivity index is 1.90. The highest BCUT2D eigenvalue weighted by molar-refractivity contribution is 9.08. The van der Waals surface area contributed by atoms with Gasteiger partial charge in [0, 0.05) is 36.7 Å². The number of halogens is 4. The highest BCUT2D eigenvalue weighted by atomic mass is 79.9. The SMILES string of the molecule is FC(F)(F)c1cc(CBr)ccc1N1CCN2CCCC2C1. The van der Waals surface area contributed by atoms with E-state index in [0.717, 1.165) is 25.9 Å². The van der Waals surface area contributed by atoms with Gasteiger partial charge >= 0.3 is 6.18 Å². The van der Waals surface area contributed by atoms with Crippen LogP contribution in [0.3, 0.4) is 0 Å². The highest BCUT2D eigenvalue weighted by Gasteiger charge is 2.37. The van der Waals surface area contributed by atoms with Gasteiger partial charge in [-0.3, -0.25) is 4.90 Å². The zero-order valence-corrected chi connectivity index (χ0v) is 13.3. The molecular weight excluding hydrogens is 345 g/mol. The Morgan fingerprint density at radius 3 is 2.71 bits per heavy atom. The van der Waals surface area contributed by atoms with Crippen molar-refractivity contribution < 1.29 is 13.2 Å². The molecule has 0 bridgehead atoms. The topological polar surface area (TPSA) is 6.48 Å². The molecule has 0 saturated carbocycles. The van der Waals surface area contributed by atoms with Crippen LogP contribution >= 0.6 is 15.9 Å². The van der Waals surface area contributed by atoms with Crippen LogP contribution in [0.1, 0.15) is 24.0 Å². The molecule has 2 aliphatic rings. The lowest BCUT2D eigenvalue weighted by Gasteiger charge is -2.39. The van der Waals surface area contributed by atoms with Gasteiger partial charge in [-0.25, -0.2) is 0 Å². The molecule has 0 N–H and O–H groups in total. The fourth-order valence-electron chi connectivity index (χ4n) is 3.38. The number of nitrogens with zero attached hydrogens (tertiary/aromatic N) is 2. The molecule has 6 heteroatoms. The van der Waals surface area contributed by atoms with Crippen molar-refractivity contribution in [1.29, 1.82) is 0 Å². The smallest absolute Gasteiger partial charge is 0.368 e. The van der Waals surface area contributed by atoms with Crippen LogP contribution in [-0.2, 0) is 11.5 Å². The maximum atomic E-state index is 13.3. The van der Waals surface area contributed by atoms with Crippen LogP contribution in [0.15, 0.2) is 18.2 Å². The molecule has 0 aromatic heterocycles. The lowest BCUT2D eigenvalue weighted by atomic mass is 10.1. The number of alkyl halides is 4. The first-order chi connectivity index (χ1) is 9.99. The lowest BCUT2D eigenvalue weighted by molar-refractivity contribution is -0.137. The standard InChI is InChI=1S/C15H18BrF3N2/c16-9-11-3-4-14(13(8-11)15(17,18)19)21-7-6-20-5-1-2-12(20)10-21/h3-4,8,12H,1-2,5-7,9-10H2. The van der Waals surface area contributed by atoms with E-state index >= 15 is 0 Å². The molecule has 116 valence electrons. The Morgan fingerprint density at radius 1 is 1.19 bits per heavy atom. The summed E-state index contributed by atoms with van der Waals surface area (Å²) in [5.41, 5.74) is 0.482. The summed E-state index contributed by atoms with van der Waals surface area (Å²) in [4.78, 5) is 4.31. The second-order valence-corrected chi connectivity index (χ2v) is 6.32. The molecule has 2 saturated heterocycles. The Labute approximate surface area is 131 Å². The van der Waals surface area contributed by atoms with E-state index < -0.39 is 11.7 Å². The van der Waals surface area contributed by atoms with Crippen molar-refractivity contribution >= 4 is 21.6 Å². The molecule has 2 heterocycles. The fourth-order valence-corrected chi connectivity index (χ4v) is 3.73. The van der Waals surface area contributed by atoms with Gasteiger partial charge in [0.15, 0.2) is 0 Å². The number of fused-ring (bicyclic) bond motifs is 1. The maximum Gasteiger partial charge on any atom is 0.418 e. The molecule has 2 aliphatic heterocycles. The minimum atomic E-state index is -4.31. The van der Waals surface area contributed by atoms with Crippen molar-refractivity contribution in [3.8, 4) is 0 Å². The first-order valence-electron chi connectivity index (χ1n) is 7.24. The maximum absolute atomic E-state index is 13.3. The minimum absolute atomic E-state index is 0.332. The minimum Gasteiger partial charge on any atom is -0.368 e. The Bertz CT molecular complexity index is 518. The molecule has 1 unspecified atom stereocenters. The van der Waals surface area contributed by atoms with E-state index in [9.17, 15) is 13.2 Å². The second-order valence-electron chi connectivity index (χ2n) is 5.76. The number of piperazine rings is 1. The molecular formula is C15H18BrF3N2. The summed E-state index contributed by atoms with van der Waals surface area (Å²) in [7, 11) is 0. The van der Waals surface area contributed by atoms with Crippen molar-refractivity contribution in [2.75, 3.05) is 31.1 Å². The first-order valence-corrected chi connectivity index (χ1v) is 8.36. The summed E-state index contributed by atoms with van der Waals surface area (Å²) < 4.78 is 40.0. The third-order valence-corrected chi connectivity index (χ3v) is 5.10. The number of hydrogen-bond acceptors (Lipinski definition) is 2. The average Bonchev–Trinajstić information content (AvgIpc) is 2.93. The van der Waals surface area contributed by atoms with E-state index in [1.165, 1.54) is 6.07 Å².